The van der Waals surface area contributed by atoms with Gasteiger partial charge in [0, 0.05) is 17.8 Å². The zero-order chi connectivity index (χ0) is 19.4. The highest BCUT2D eigenvalue weighted by Crippen LogP contribution is 2.33. The molecule has 3 rings (SSSR count). The number of aromatic nitrogens is 4. The molecule has 5 nitrogen and oxygen atoms in total. The molecule has 2 aromatic heterocycles. The number of aliphatic hydroxyl groups is 1. The van der Waals surface area contributed by atoms with Gasteiger partial charge >= 0.3 is 0 Å². The van der Waals surface area contributed by atoms with Crippen LogP contribution < -0.4 is 0 Å². The van der Waals surface area contributed by atoms with Crippen molar-refractivity contribution >= 4 is 0 Å². The largest absolute Gasteiger partial charge is 0.382 e. The molecule has 0 unspecified atom stereocenters. The molecule has 0 aliphatic heterocycles. The van der Waals surface area contributed by atoms with E-state index in [1.165, 1.54) is 23.4 Å². The Hall–Kier alpha value is -3.11. The first-order chi connectivity index (χ1) is 12.9. The van der Waals surface area contributed by atoms with Crippen molar-refractivity contribution in [1.82, 2.24) is 19.7 Å². The van der Waals surface area contributed by atoms with Crippen LogP contribution in [0.2, 0.25) is 0 Å². The highest BCUT2D eigenvalue weighted by atomic mass is 19.1. The van der Waals surface area contributed by atoms with Gasteiger partial charge in [-0.05, 0) is 43.5 Å². The van der Waals surface area contributed by atoms with Gasteiger partial charge in [0.25, 0.3) is 0 Å². The summed E-state index contributed by atoms with van der Waals surface area (Å²) in [4.78, 5) is 8.00. The van der Waals surface area contributed by atoms with Crippen LogP contribution in [0.15, 0.2) is 49.2 Å². The molecule has 2 heterocycles. The van der Waals surface area contributed by atoms with E-state index in [1.54, 1.807) is 13.1 Å². The minimum Gasteiger partial charge on any atom is -0.382 e. The van der Waals surface area contributed by atoms with E-state index in [4.69, 9.17) is 0 Å². The molecule has 0 amide bonds. The van der Waals surface area contributed by atoms with Gasteiger partial charge in [0.15, 0.2) is 0 Å². The molecule has 27 heavy (non-hydrogen) atoms. The summed E-state index contributed by atoms with van der Waals surface area (Å²) >= 11 is 0. The molecule has 1 aromatic carbocycles. The molecule has 1 N–H and O–H groups in total. The van der Waals surface area contributed by atoms with E-state index in [0.717, 1.165) is 17.7 Å². The van der Waals surface area contributed by atoms with Crippen molar-refractivity contribution in [3.05, 3.63) is 77.6 Å². The molecular weight excluding hydrogens is 350 g/mol. The Morgan fingerprint density at radius 2 is 2.07 bits per heavy atom. The standard InChI is InChI=1S/C20H18F2N4O/c1-14-7-8-24-17(9-14)5-3-15(2)20(27,11-26-13-23-12-25-26)18-6-4-16(21)10-19(18)22/h4,6-10,12-13,15,27H,11H2,1-2H3/t15-,20+/m0/s1. The fourth-order valence-electron chi connectivity index (χ4n) is 2.76. The Morgan fingerprint density at radius 3 is 2.74 bits per heavy atom. The van der Waals surface area contributed by atoms with Crippen LogP contribution in [0.3, 0.4) is 0 Å². The second-order valence-electron chi connectivity index (χ2n) is 6.35. The molecule has 0 spiro atoms. The lowest BCUT2D eigenvalue weighted by Gasteiger charge is -2.32. The van der Waals surface area contributed by atoms with Gasteiger partial charge in [0.2, 0.25) is 0 Å². The van der Waals surface area contributed by atoms with E-state index in [9.17, 15) is 13.9 Å². The molecule has 0 aliphatic rings. The smallest absolute Gasteiger partial charge is 0.137 e. The minimum absolute atomic E-state index is 0.0570. The van der Waals surface area contributed by atoms with Crippen LogP contribution in [0.25, 0.3) is 0 Å². The van der Waals surface area contributed by atoms with Crippen molar-refractivity contribution in [3.8, 4) is 11.8 Å². The van der Waals surface area contributed by atoms with Crippen molar-refractivity contribution in [1.29, 1.82) is 0 Å². The number of benzene rings is 1. The highest BCUT2D eigenvalue weighted by molar-refractivity contribution is 5.34. The van der Waals surface area contributed by atoms with Crippen LogP contribution in [-0.2, 0) is 12.1 Å². The van der Waals surface area contributed by atoms with Crippen molar-refractivity contribution in [2.75, 3.05) is 0 Å². The number of halogens is 2. The number of aryl methyl sites for hydroxylation is 1. The average Bonchev–Trinajstić information content (AvgIpc) is 3.12. The average molecular weight is 368 g/mol. The molecule has 2 atom stereocenters. The monoisotopic (exact) mass is 368 g/mol. The Balaban J connectivity index is 2.01. The van der Waals surface area contributed by atoms with Crippen LogP contribution in [0, 0.1) is 36.3 Å². The Bertz CT molecular complexity index is 995. The molecule has 0 saturated heterocycles. The predicted molar refractivity (Wildman–Crippen MR) is 95.3 cm³/mol. The fourth-order valence-corrected chi connectivity index (χ4v) is 2.76. The molecule has 7 heteroatoms. The Labute approximate surface area is 155 Å². The fraction of sp³-hybridized carbons (Fsp3) is 0.250. The van der Waals surface area contributed by atoms with Gasteiger partial charge in [-0.2, -0.15) is 5.10 Å². The zero-order valence-electron chi connectivity index (χ0n) is 14.9. The minimum atomic E-state index is -1.75. The Kier molecular flexibility index (Phi) is 5.28. The van der Waals surface area contributed by atoms with Crippen molar-refractivity contribution in [3.63, 3.8) is 0 Å². The van der Waals surface area contributed by atoms with Gasteiger partial charge in [0.05, 0.1) is 12.5 Å². The van der Waals surface area contributed by atoms with E-state index in [1.807, 2.05) is 19.1 Å². The molecular formula is C20H18F2N4O. The predicted octanol–water partition coefficient (Wildman–Crippen LogP) is 2.84. The van der Waals surface area contributed by atoms with E-state index in [2.05, 4.69) is 26.9 Å². The summed E-state index contributed by atoms with van der Waals surface area (Å²) < 4.78 is 29.2. The molecule has 0 aliphatic carbocycles. The summed E-state index contributed by atoms with van der Waals surface area (Å²) in [5.74, 6) is 3.57. The van der Waals surface area contributed by atoms with Crippen LogP contribution in [0.4, 0.5) is 8.78 Å². The van der Waals surface area contributed by atoms with E-state index < -0.39 is 23.2 Å². The number of hydrogen-bond acceptors (Lipinski definition) is 4. The first-order valence-corrected chi connectivity index (χ1v) is 8.33. The quantitative estimate of drug-likeness (QED) is 0.720. The third-order valence-electron chi connectivity index (χ3n) is 4.32. The van der Waals surface area contributed by atoms with E-state index in [0.29, 0.717) is 5.69 Å². The van der Waals surface area contributed by atoms with Crippen molar-refractivity contribution in [2.45, 2.75) is 26.0 Å². The van der Waals surface area contributed by atoms with Gasteiger partial charge in [-0.25, -0.2) is 23.4 Å². The van der Waals surface area contributed by atoms with Gasteiger partial charge in [0.1, 0.15) is 35.6 Å². The van der Waals surface area contributed by atoms with Crippen LogP contribution in [-0.4, -0.2) is 24.9 Å². The molecule has 0 saturated carbocycles. The molecule has 0 radical (unpaired) electrons. The van der Waals surface area contributed by atoms with E-state index >= 15 is 0 Å². The van der Waals surface area contributed by atoms with Gasteiger partial charge in [-0.15, -0.1) is 0 Å². The zero-order valence-corrected chi connectivity index (χ0v) is 14.9. The topological polar surface area (TPSA) is 63.8 Å². The van der Waals surface area contributed by atoms with Crippen LogP contribution >= 0.6 is 0 Å². The number of nitrogens with zero attached hydrogens (tertiary/aromatic N) is 4. The van der Waals surface area contributed by atoms with Gasteiger partial charge in [-0.1, -0.05) is 12.0 Å². The molecule has 3 aromatic rings. The first-order valence-electron chi connectivity index (χ1n) is 8.33. The van der Waals surface area contributed by atoms with Crippen LogP contribution in [0.5, 0.6) is 0 Å². The Morgan fingerprint density at radius 1 is 1.26 bits per heavy atom. The SMILES string of the molecule is Cc1ccnc(C#C[C@H](C)[C@](O)(Cn2cncn2)c2ccc(F)cc2F)c1. The highest BCUT2D eigenvalue weighted by Gasteiger charge is 2.38. The number of rotatable bonds is 4. The normalized spacial score (nSPS) is 14.1. The molecule has 0 fully saturated rings. The maximum Gasteiger partial charge on any atom is 0.137 e. The second-order valence-corrected chi connectivity index (χ2v) is 6.35. The number of pyridine rings is 1. The lowest BCUT2D eigenvalue weighted by atomic mass is 9.82. The van der Waals surface area contributed by atoms with Crippen molar-refractivity contribution in [2.24, 2.45) is 5.92 Å². The molecule has 138 valence electrons. The van der Waals surface area contributed by atoms with Crippen molar-refractivity contribution < 1.29 is 13.9 Å². The van der Waals surface area contributed by atoms with Crippen LogP contribution in [0.1, 0.15) is 23.7 Å². The molecule has 0 bridgehead atoms. The van der Waals surface area contributed by atoms with Gasteiger partial charge < -0.3 is 5.11 Å². The third-order valence-corrected chi connectivity index (χ3v) is 4.32. The summed E-state index contributed by atoms with van der Waals surface area (Å²) in [6.07, 6.45) is 4.37. The summed E-state index contributed by atoms with van der Waals surface area (Å²) in [5.41, 5.74) is -0.255. The summed E-state index contributed by atoms with van der Waals surface area (Å²) in [6.45, 7) is 3.50. The maximum atomic E-state index is 14.4. The maximum absolute atomic E-state index is 14.4. The lowest BCUT2D eigenvalue weighted by molar-refractivity contribution is -0.0191. The van der Waals surface area contributed by atoms with Gasteiger partial charge in [-0.3, -0.25) is 0 Å². The third kappa shape index (κ3) is 4.18. The summed E-state index contributed by atoms with van der Waals surface area (Å²) in [6, 6.07) is 6.74. The lowest BCUT2D eigenvalue weighted by Crippen LogP contribution is -2.39. The first kappa shape index (κ1) is 18.7. The van der Waals surface area contributed by atoms with E-state index in [-0.39, 0.29) is 12.1 Å². The number of hydrogen-bond donors (Lipinski definition) is 1. The second kappa shape index (κ2) is 7.64. The summed E-state index contributed by atoms with van der Waals surface area (Å²) in [7, 11) is 0. The summed E-state index contributed by atoms with van der Waals surface area (Å²) in [5, 5.41) is 15.3.